The maximum absolute atomic E-state index is 0. The van der Waals surface area contributed by atoms with Gasteiger partial charge in [-0.15, -0.1) is 0 Å². The summed E-state index contributed by atoms with van der Waals surface area (Å²) in [5.74, 6) is 0. The van der Waals surface area contributed by atoms with Crippen molar-refractivity contribution >= 4 is 0 Å². The van der Waals surface area contributed by atoms with Gasteiger partial charge in [-0.05, 0) is 0 Å². The van der Waals surface area contributed by atoms with E-state index in [1.165, 1.54) is 0 Å². The van der Waals surface area contributed by atoms with Crippen LogP contribution in [0.2, 0.25) is 0 Å². The first kappa shape index (κ1) is 33.3. The van der Waals surface area contributed by atoms with Crippen LogP contribution in [0.15, 0.2) is 0 Å². The Morgan fingerprint density at radius 2 is 1.00 bits per heavy atom. The zero-order chi connectivity index (χ0) is 0. The molecule has 0 aliphatic rings. The van der Waals surface area contributed by atoms with Crippen molar-refractivity contribution < 1.29 is 73.7 Å². The summed E-state index contributed by atoms with van der Waals surface area (Å²) in [7, 11) is 0. The Morgan fingerprint density at radius 1 is 1.00 bits per heavy atom. The molecule has 0 spiro atoms. The van der Waals surface area contributed by atoms with Crippen molar-refractivity contribution in [3.05, 3.63) is 0 Å². The molecule has 0 nitrogen and oxygen atoms in total. The molecule has 0 unspecified atom stereocenters. The second kappa shape index (κ2) is 18.5. The summed E-state index contributed by atoms with van der Waals surface area (Å²) in [4.78, 5) is 0. The Balaban J connectivity index is 0. The zero-order valence-corrected chi connectivity index (χ0v) is 6.58. The molecule has 0 aromatic heterocycles. The molecule has 0 aromatic rings. The van der Waals surface area contributed by atoms with Gasteiger partial charge < -0.3 is 0 Å². The van der Waals surface area contributed by atoms with Gasteiger partial charge in [-0.1, -0.05) is 0 Å². The topological polar surface area (TPSA) is 0 Å². The zero-order valence-electron chi connectivity index (χ0n) is 1.30. The Kier molecular flexibility index (Phi) is 154. The van der Waals surface area contributed by atoms with E-state index in [2.05, 4.69) is 0 Å². The van der Waals surface area contributed by atoms with Crippen LogP contribution in [-0.2, 0) is 73.7 Å². The maximum atomic E-state index is 0. The first-order valence-corrected chi connectivity index (χ1v) is 0. The van der Waals surface area contributed by atoms with E-state index in [-0.39, 0.29) is 73.7 Å². The van der Waals surface area contributed by atoms with Gasteiger partial charge in [-0.3, -0.25) is 0 Å². The normalized spacial score (nSPS) is 0. The van der Waals surface area contributed by atoms with Gasteiger partial charge in [0.15, 0.2) is 0 Å². The van der Waals surface area contributed by atoms with Gasteiger partial charge in [0.2, 0.25) is 0 Å². The second-order valence-corrected chi connectivity index (χ2v) is 0. The summed E-state index contributed by atoms with van der Waals surface area (Å²) >= 11 is 0. The fourth-order valence-electron chi connectivity index (χ4n) is 0. The minimum atomic E-state index is 0. The van der Waals surface area contributed by atoms with E-state index < -0.39 is 0 Å². The van der Waals surface area contributed by atoms with Gasteiger partial charge in [0.05, 0.1) is 0 Å². The van der Waals surface area contributed by atoms with Crippen molar-refractivity contribution in [2.45, 2.75) is 0 Å². The molecular formula is CoCuPdRu. The van der Waals surface area contributed by atoms with Gasteiger partial charge in [0.1, 0.15) is 0 Å². The van der Waals surface area contributed by atoms with Crippen molar-refractivity contribution in [3.8, 4) is 0 Å². The molecule has 4 heteroatoms. The van der Waals surface area contributed by atoms with Crippen molar-refractivity contribution in [2.75, 3.05) is 0 Å². The van der Waals surface area contributed by atoms with Crippen LogP contribution in [0, 0.1) is 0 Å². The molecule has 0 atom stereocenters. The molecule has 0 aliphatic carbocycles. The van der Waals surface area contributed by atoms with Crippen LogP contribution >= 0.6 is 0 Å². The Bertz CT molecular complexity index is 8.00. The molecule has 0 aromatic carbocycles. The first-order valence-electron chi connectivity index (χ1n) is 0. The van der Waals surface area contributed by atoms with E-state index in [0.29, 0.717) is 0 Å². The molecule has 0 N–H and O–H groups in total. The Hall–Kier alpha value is 2.31. The van der Waals surface area contributed by atoms with E-state index >= 15 is 0 Å². The van der Waals surface area contributed by atoms with Crippen molar-refractivity contribution in [1.82, 2.24) is 0 Å². The van der Waals surface area contributed by atoms with Crippen LogP contribution < -0.4 is 0 Å². The van der Waals surface area contributed by atoms with Crippen LogP contribution in [0.4, 0.5) is 0 Å². The Morgan fingerprint density at radius 3 is 1.00 bits per heavy atom. The van der Waals surface area contributed by atoms with E-state index in [1.807, 2.05) is 0 Å². The van der Waals surface area contributed by atoms with Crippen LogP contribution in [0.1, 0.15) is 0 Å². The smallest absolute Gasteiger partial charge is 0 e. The van der Waals surface area contributed by atoms with Crippen molar-refractivity contribution in [3.63, 3.8) is 0 Å². The summed E-state index contributed by atoms with van der Waals surface area (Å²) in [5, 5.41) is 0. The average molecular weight is 330 g/mol. The standard InChI is InChI=1S/Co.Cu.Pd.Ru. The molecule has 0 rings (SSSR count). The molecule has 0 heterocycles. The Labute approximate surface area is 72.9 Å². The van der Waals surface area contributed by atoms with E-state index in [4.69, 9.17) is 0 Å². The second-order valence-electron chi connectivity index (χ2n) is 0. The fourth-order valence-corrected chi connectivity index (χ4v) is 0. The number of hydrogen-bond donors (Lipinski definition) is 0. The summed E-state index contributed by atoms with van der Waals surface area (Å²) in [6, 6.07) is 0. The van der Waals surface area contributed by atoms with Crippen molar-refractivity contribution in [1.29, 1.82) is 0 Å². The quantitative estimate of drug-likeness (QED) is 0.548. The predicted octanol–water partition coefficient (Wildman–Crippen LogP) is -0.0100. The van der Waals surface area contributed by atoms with Gasteiger partial charge in [-0.2, -0.15) is 0 Å². The van der Waals surface area contributed by atoms with E-state index in [0.717, 1.165) is 0 Å². The van der Waals surface area contributed by atoms with Crippen LogP contribution in [0.25, 0.3) is 0 Å². The molecule has 2 radical (unpaired) electrons. The summed E-state index contributed by atoms with van der Waals surface area (Å²) in [5.41, 5.74) is 0. The molecule has 0 amide bonds. The number of hydrogen-bond acceptors (Lipinski definition) is 0. The predicted molar refractivity (Wildman–Crippen MR) is 0 cm³/mol. The third-order valence-electron chi connectivity index (χ3n) is 0. The van der Waals surface area contributed by atoms with Gasteiger partial charge in [0, 0.05) is 73.7 Å². The number of rotatable bonds is 0. The third-order valence-corrected chi connectivity index (χ3v) is 0. The molecule has 0 fully saturated rings. The molecule has 0 bridgehead atoms. The van der Waals surface area contributed by atoms with Crippen molar-refractivity contribution in [2.24, 2.45) is 0 Å². The van der Waals surface area contributed by atoms with Crippen LogP contribution in [0.3, 0.4) is 0 Å². The van der Waals surface area contributed by atoms with Gasteiger partial charge in [0.25, 0.3) is 0 Å². The average Bonchev–Trinajstić information content (AvgIpc) is 0. The minimum Gasteiger partial charge on any atom is 0 e. The van der Waals surface area contributed by atoms with E-state index in [1.54, 1.807) is 0 Å². The molecule has 4 heavy (non-hydrogen) atoms. The molecule has 0 aliphatic heterocycles. The van der Waals surface area contributed by atoms with E-state index in [9.17, 15) is 0 Å². The largest absolute Gasteiger partial charge is 0 e. The molecule has 38 valence electrons. The minimum absolute atomic E-state index is 0. The molecule has 0 saturated heterocycles. The van der Waals surface area contributed by atoms with Gasteiger partial charge in [-0.25, -0.2) is 0 Å². The summed E-state index contributed by atoms with van der Waals surface area (Å²) < 4.78 is 0. The fraction of sp³-hybridized carbons (Fsp3) is 0. The summed E-state index contributed by atoms with van der Waals surface area (Å²) in [6.07, 6.45) is 0. The van der Waals surface area contributed by atoms with Crippen LogP contribution in [0.5, 0.6) is 0 Å². The maximum Gasteiger partial charge on any atom is 0 e. The van der Waals surface area contributed by atoms with Crippen LogP contribution in [-0.4, -0.2) is 0 Å². The molecular weight excluding hydrogens is 330 g/mol. The molecule has 0 saturated carbocycles. The first-order chi connectivity index (χ1) is 0. The monoisotopic (exact) mass is 330 g/mol. The van der Waals surface area contributed by atoms with Gasteiger partial charge >= 0.3 is 0 Å². The summed E-state index contributed by atoms with van der Waals surface area (Å²) in [6.45, 7) is 0. The SMILES string of the molecule is [Co].[Cu].[Pd].[Ru]. The third kappa shape index (κ3) is 8.85.